The lowest BCUT2D eigenvalue weighted by Gasteiger charge is -2.32. The van der Waals surface area contributed by atoms with E-state index < -0.39 is 11.8 Å². The van der Waals surface area contributed by atoms with E-state index in [1.165, 1.54) is 11.3 Å². The first-order valence-electron chi connectivity index (χ1n) is 8.73. The van der Waals surface area contributed by atoms with E-state index in [1.807, 2.05) is 30.4 Å². The summed E-state index contributed by atoms with van der Waals surface area (Å²) in [6.07, 6.45) is 5.40. The summed E-state index contributed by atoms with van der Waals surface area (Å²) in [6.45, 7) is 1.67. The van der Waals surface area contributed by atoms with Crippen molar-refractivity contribution in [3.05, 3.63) is 51.4 Å². The molecule has 0 radical (unpaired) electrons. The number of nitrogens with one attached hydrogen (secondary N) is 1. The summed E-state index contributed by atoms with van der Waals surface area (Å²) in [5.74, 6) is -0.993. The van der Waals surface area contributed by atoms with E-state index in [1.54, 1.807) is 22.1 Å². The highest BCUT2D eigenvalue weighted by molar-refractivity contribution is 7.16. The Kier molecular flexibility index (Phi) is 5.06. The molecule has 3 aromatic heterocycles. The Morgan fingerprint density at radius 1 is 1.21 bits per heavy atom. The number of carbonyl (C=O) groups excluding carboxylic acids is 2. The molecule has 28 heavy (non-hydrogen) atoms. The molecule has 0 aliphatic carbocycles. The zero-order chi connectivity index (χ0) is 19.7. The molecule has 0 spiro atoms. The van der Waals surface area contributed by atoms with E-state index in [9.17, 15) is 9.59 Å². The van der Waals surface area contributed by atoms with Crippen LogP contribution < -0.4 is 5.73 Å². The van der Waals surface area contributed by atoms with Crippen molar-refractivity contribution in [3.63, 3.8) is 0 Å². The molecule has 1 fully saturated rings. The highest BCUT2D eigenvalue weighted by atomic mass is 35.5. The number of aromatic nitrogens is 2. The minimum absolute atomic E-state index is 0.317. The maximum Gasteiger partial charge on any atom is 0.312 e. The van der Waals surface area contributed by atoms with Crippen LogP contribution in [0.3, 0.4) is 0 Å². The van der Waals surface area contributed by atoms with Gasteiger partial charge in [0.15, 0.2) is 0 Å². The van der Waals surface area contributed by atoms with Crippen molar-refractivity contribution >= 4 is 57.5 Å². The van der Waals surface area contributed by atoms with Crippen molar-refractivity contribution in [2.45, 2.75) is 6.54 Å². The molecule has 0 atom stereocenters. The number of hydrogen-bond acceptors (Lipinski definition) is 5. The Morgan fingerprint density at radius 2 is 2.00 bits per heavy atom. The SMILES string of the molecule is Nc1ccnc2[nH]c(CN3CCN(C/C=C/c4ccc(Cl)s4)C(=O)C3=O)cc12. The fourth-order valence-corrected chi connectivity index (χ4v) is 4.14. The van der Waals surface area contributed by atoms with Crippen LogP contribution in [-0.4, -0.2) is 51.2 Å². The van der Waals surface area contributed by atoms with Gasteiger partial charge in [-0.2, -0.15) is 0 Å². The number of nitrogens with two attached hydrogens (primary N) is 1. The maximum atomic E-state index is 12.5. The summed E-state index contributed by atoms with van der Waals surface area (Å²) in [7, 11) is 0. The average Bonchev–Trinajstić information content (AvgIpc) is 3.27. The molecule has 1 saturated heterocycles. The maximum absolute atomic E-state index is 12.5. The van der Waals surface area contributed by atoms with Gasteiger partial charge in [-0.15, -0.1) is 11.3 Å². The normalized spacial score (nSPS) is 15.3. The number of nitrogen functional groups attached to an aromatic ring is 1. The van der Waals surface area contributed by atoms with Gasteiger partial charge in [-0.1, -0.05) is 17.7 Å². The molecule has 0 aromatic carbocycles. The number of anilines is 1. The van der Waals surface area contributed by atoms with Gasteiger partial charge < -0.3 is 20.5 Å². The fourth-order valence-electron chi connectivity index (χ4n) is 3.15. The molecule has 4 rings (SSSR count). The summed E-state index contributed by atoms with van der Waals surface area (Å²) in [5, 5.41) is 0.814. The van der Waals surface area contributed by atoms with Crippen molar-refractivity contribution in [2.24, 2.45) is 0 Å². The standard InChI is InChI=1S/C19H18ClN5O2S/c20-16-4-3-13(28-16)2-1-7-24-8-9-25(19(27)18(24)26)11-12-10-14-15(21)5-6-22-17(14)23-12/h1-6,10H,7-9,11H2,(H3,21,22,23)/b2-1+. The third kappa shape index (κ3) is 3.74. The Hall–Kier alpha value is -2.84. The second-order valence-corrected chi connectivity index (χ2v) is 8.23. The second kappa shape index (κ2) is 7.65. The molecule has 9 heteroatoms. The molecule has 144 valence electrons. The van der Waals surface area contributed by atoms with Gasteiger partial charge in [0.05, 0.1) is 10.9 Å². The fraction of sp³-hybridized carbons (Fsp3) is 0.211. The van der Waals surface area contributed by atoms with Gasteiger partial charge in [-0.25, -0.2) is 4.98 Å². The van der Waals surface area contributed by atoms with E-state index >= 15 is 0 Å². The first-order chi connectivity index (χ1) is 13.5. The highest BCUT2D eigenvalue weighted by Crippen LogP contribution is 2.23. The Bertz CT molecular complexity index is 1070. The molecule has 2 amide bonds. The number of H-pyrrole nitrogens is 1. The molecular weight excluding hydrogens is 398 g/mol. The predicted molar refractivity (Wildman–Crippen MR) is 111 cm³/mol. The lowest BCUT2D eigenvalue weighted by atomic mass is 10.2. The van der Waals surface area contributed by atoms with Gasteiger partial charge >= 0.3 is 11.8 Å². The van der Waals surface area contributed by atoms with Crippen molar-refractivity contribution in [3.8, 4) is 0 Å². The molecule has 1 aliphatic rings. The van der Waals surface area contributed by atoms with Gasteiger partial charge in [0, 0.05) is 47.5 Å². The minimum Gasteiger partial charge on any atom is -0.398 e. The molecule has 0 unspecified atom stereocenters. The Morgan fingerprint density at radius 3 is 2.75 bits per heavy atom. The zero-order valence-electron chi connectivity index (χ0n) is 14.9. The quantitative estimate of drug-likeness (QED) is 0.626. The van der Waals surface area contributed by atoms with Crippen LogP contribution in [0.2, 0.25) is 4.34 Å². The van der Waals surface area contributed by atoms with Crippen LogP contribution >= 0.6 is 22.9 Å². The van der Waals surface area contributed by atoms with Gasteiger partial charge in [0.25, 0.3) is 0 Å². The van der Waals surface area contributed by atoms with Crippen molar-refractivity contribution in [1.82, 2.24) is 19.8 Å². The molecule has 0 bridgehead atoms. The first-order valence-corrected chi connectivity index (χ1v) is 9.93. The number of nitrogens with zero attached hydrogens (tertiary/aromatic N) is 3. The van der Waals surface area contributed by atoms with Gasteiger partial charge in [-0.05, 0) is 30.3 Å². The van der Waals surface area contributed by atoms with Crippen LogP contribution in [0.5, 0.6) is 0 Å². The number of hydrogen-bond donors (Lipinski definition) is 2. The van der Waals surface area contributed by atoms with Gasteiger partial charge in [-0.3, -0.25) is 9.59 Å². The highest BCUT2D eigenvalue weighted by Gasteiger charge is 2.32. The van der Waals surface area contributed by atoms with E-state index in [-0.39, 0.29) is 0 Å². The molecule has 7 nitrogen and oxygen atoms in total. The topological polar surface area (TPSA) is 95.3 Å². The van der Waals surface area contributed by atoms with Crippen LogP contribution in [-0.2, 0) is 16.1 Å². The molecule has 1 aliphatic heterocycles. The number of aromatic amines is 1. The monoisotopic (exact) mass is 415 g/mol. The van der Waals surface area contributed by atoms with Gasteiger partial charge in [0.2, 0.25) is 0 Å². The van der Waals surface area contributed by atoms with Crippen LogP contribution in [0.4, 0.5) is 5.69 Å². The van der Waals surface area contributed by atoms with Crippen molar-refractivity contribution in [1.29, 1.82) is 0 Å². The number of carbonyl (C=O) groups is 2. The van der Waals surface area contributed by atoms with Crippen molar-refractivity contribution < 1.29 is 9.59 Å². The third-order valence-corrected chi connectivity index (χ3v) is 5.78. The second-order valence-electron chi connectivity index (χ2n) is 6.48. The summed E-state index contributed by atoms with van der Waals surface area (Å²) >= 11 is 7.37. The Labute approximate surface area is 170 Å². The smallest absolute Gasteiger partial charge is 0.312 e. The van der Waals surface area contributed by atoms with Crippen molar-refractivity contribution in [2.75, 3.05) is 25.4 Å². The lowest BCUT2D eigenvalue weighted by molar-refractivity contribution is -0.156. The summed E-state index contributed by atoms with van der Waals surface area (Å²) in [4.78, 5) is 36.4. The molecule has 0 saturated carbocycles. The number of thiophene rings is 1. The summed E-state index contributed by atoms with van der Waals surface area (Å²) < 4.78 is 0.716. The minimum atomic E-state index is -0.501. The number of rotatable bonds is 5. The van der Waals surface area contributed by atoms with Crippen LogP contribution in [0.25, 0.3) is 17.1 Å². The summed E-state index contributed by atoms with van der Waals surface area (Å²) in [5.41, 5.74) is 8.04. The summed E-state index contributed by atoms with van der Waals surface area (Å²) in [6, 6.07) is 7.34. The van der Waals surface area contributed by atoms with E-state index in [0.29, 0.717) is 41.8 Å². The molecule has 3 N–H and O–H groups in total. The average molecular weight is 416 g/mol. The van der Waals surface area contributed by atoms with Gasteiger partial charge in [0.1, 0.15) is 5.65 Å². The predicted octanol–water partition coefficient (Wildman–Crippen LogP) is 2.74. The number of pyridine rings is 1. The Balaban J connectivity index is 1.39. The lowest BCUT2D eigenvalue weighted by Crippen LogP contribution is -2.53. The molecule has 3 aromatic rings. The van der Waals surface area contributed by atoms with Crippen LogP contribution in [0.15, 0.2) is 36.5 Å². The number of amides is 2. The first kappa shape index (κ1) is 18.5. The molecular formula is C19H18ClN5O2S. The third-order valence-electron chi connectivity index (χ3n) is 4.58. The van der Waals surface area contributed by atoms with E-state index in [0.717, 1.165) is 16.0 Å². The molecule has 4 heterocycles. The zero-order valence-corrected chi connectivity index (χ0v) is 16.5. The number of halogens is 1. The van der Waals surface area contributed by atoms with Crippen LogP contribution in [0, 0.1) is 0 Å². The largest absolute Gasteiger partial charge is 0.398 e. The van der Waals surface area contributed by atoms with E-state index in [2.05, 4.69) is 9.97 Å². The van der Waals surface area contributed by atoms with Crippen LogP contribution in [0.1, 0.15) is 10.6 Å². The number of piperazine rings is 1. The number of fused-ring (bicyclic) bond motifs is 1. The van der Waals surface area contributed by atoms with E-state index in [4.69, 9.17) is 17.3 Å².